The van der Waals surface area contributed by atoms with E-state index in [1.165, 1.54) is 0 Å². The average Bonchev–Trinajstić information content (AvgIpc) is 2.34. The molecule has 1 aliphatic carbocycles. The Balaban J connectivity index is 2.07. The monoisotopic (exact) mass is 225 g/mol. The van der Waals surface area contributed by atoms with Crippen LogP contribution >= 0.6 is 0 Å². The molecule has 16 heavy (non-hydrogen) atoms. The quantitative estimate of drug-likeness (QED) is 0.633. The number of hydrogen-bond donors (Lipinski definition) is 0. The van der Waals surface area contributed by atoms with Gasteiger partial charge >= 0.3 is 6.09 Å². The number of ketones is 1. The van der Waals surface area contributed by atoms with E-state index in [9.17, 15) is 9.59 Å². The Hall–Kier alpha value is -1.06. The lowest BCUT2D eigenvalue weighted by Crippen LogP contribution is -2.56. The van der Waals surface area contributed by atoms with Gasteiger partial charge in [-0.05, 0) is 27.2 Å². The fourth-order valence-electron chi connectivity index (χ4n) is 2.65. The molecule has 4 heteroatoms. The van der Waals surface area contributed by atoms with E-state index >= 15 is 0 Å². The van der Waals surface area contributed by atoms with E-state index in [2.05, 4.69) is 6.92 Å². The third-order valence-corrected chi connectivity index (χ3v) is 3.41. The second-order valence-electron chi connectivity index (χ2n) is 6.12. The van der Waals surface area contributed by atoms with Gasteiger partial charge < -0.3 is 4.74 Å². The van der Waals surface area contributed by atoms with Gasteiger partial charge in [0.15, 0.2) is 5.78 Å². The fraction of sp³-hybridized carbons (Fsp3) is 0.833. The van der Waals surface area contributed by atoms with Gasteiger partial charge in [0.1, 0.15) is 5.60 Å². The molecule has 2 atom stereocenters. The van der Waals surface area contributed by atoms with Gasteiger partial charge in [0, 0.05) is 18.4 Å². The SMILES string of the molecule is CC(C)(C)OC(=O)N1CC[C@@]2(C)CC(=O)[C@@H]12. The first-order valence-corrected chi connectivity index (χ1v) is 5.75. The minimum absolute atomic E-state index is 0.00792. The van der Waals surface area contributed by atoms with Crippen molar-refractivity contribution in [1.29, 1.82) is 0 Å². The van der Waals surface area contributed by atoms with E-state index in [-0.39, 0.29) is 23.3 Å². The molecule has 1 heterocycles. The van der Waals surface area contributed by atoms with Crippen molar-refractivity contribution in [2.24, 2.45) is 5.41 Å². The molecule has 0 N–H and O–H groups in total. The van der Waals surface area contributed by atoms with Crippen LogP contribution in [0, 0.1) is 5.41 Å². The molecular weight excluding hydrogens is 206 g/mol. The standard InChI is InChI=1S/C12H19NO3/c1-11(2,3)16-10(15)13-6-5-12(4)7-8(14)9(12)13/h9H,5-7H2,1-4H3/t9-,12+/m1/s1. The highest BCUT2D eigenvalue weighted by atomic mass is 16.6. The van der Waals surface area contributed by atoms with Gasteiger partial charge in [0.05, 0.1) is 6.04 Å². The zero-order chi connectivity index (χ0) is 12.1. The Morgan fingerprint density at radius 2 is 2.12 bits per heavy atom. The summed E-state index contributed by atoms with van der Waals surface area (Å²) in [7, 11) is 0. The molecule has 2 fully saturated rings. The molecule has 2 aliphatic rings. The summed E-state index contributed by atoms with van der Waals surface area (Å²) in [5.74, 6) is 0.172. The van der Waals surface area contributed by atoms with Gasteiger partial charge in [-0.2, -0.15) is 0 Å². The summed E-state index contributed by atoms with van der Waals surface area (Å²) in [4.78, 5) is 25.0. The summed E-state index contributed by atoms with van der Waals surface area (Å²) < 4.78 is 5.30. The second-order valence-corrected chi connectivity index (χ2v) is 6.12. The zero-order valence-electron chi connectivity index (χ0n) is 10.4. The molecule has 0 aromatic heterocycles. The number of carbonyl (C=O) groups is 2. The third-order valence-electron chi connectivity index (χ3n) is 3.41. The topological polar surface area (TPSA) is 46.6 Å². The Kier molecular flexibility index (Phi) is 2.30. The molecule has 0 radical (unpaired) electrons. The number of fused-ring (bicyclic) bond motifs is 1. The highest BCUT2D eigenvalue weighted by molar-refractivity contribution is 5.95. The van der Waals surface area contributed by atoms with E-state index in [1.807, 2.05) is 20.8 Å². The molecule has 4 nitrogen and oxygen atoms in total. The smallest absolute Gasteiger partial charge is 0.410 e. The largest absolute Gasteiger partial charge is 0.444 e. The van der Waals surface area contributed by atoms with E-state index < -0.39 is 5.60 Å². The van der Waals surface area contributed by atoms with Crippen LogP contribution in [-0.2, 0) is 9.53 Å². The number of likely N-dealkylation sites (tertiary alicyclic amines) is 1. The summed E-state index contributed by atoms with van der Waals surface area (Å²) in [5.41, 5.74) is -0.489. The number of carbonyl (C=O) groups excluding carboxylic acids is 2. The maximum absolute atomic E-state index is 11.9. The van der Waals surface area contributed by atoms with Crippen molar-refractivity contribution in [3.8, 4) is 0 Å². The van der Waals surface area contributed by atoms with Crippen LogP contribution in [0.2, 0.25) is 0 Å². The van der Waals surface area contributed by atoms with Crippen LogP contribution in [0.1, 0.15) is 40.5 Å². The molecule has 0 spiro atoms. The van der Waals surface area contributed by atoms with Gasteiger partial charge in [-0.1, -0.05) is 6.92 Å². The van der Waals surface area contributed by atoms with Crippen LogP contribution in [0.25, 0.3) is 0 Å². The number of rotatable bonds is 0. The maximum atomic E-state index is 11.9. The van der Waals surface area contributed by atoms with Gasteiger partial charge in [-0.3, -0.25) is 9.69 Å². The van der Waals surface area contributed by atoms with Crippen molar-refractivity contribution in [3.63, 3.8) is 0 Å². The number of ether oxygens (including phenoxy) is 1. The van der Waals surface area contributed by atoms with Crippen molar-refractivity contribution < 1.29 is 14.3 Å². The number of hydrogen-bond acceptors (Lipinski definition) is 3. The Morgan fingerprint density at radius 3 is 2.62 bits per heavy atom. The van der Waals surface area contributed by atoms with Crippen LogP contribution < -0.4 is 0 Å². The molecule has 0 aromatic rings. The maximum Gasteiger partial charge on any atom is 0.410 e. The number of amides is 1. The molecular formula is C12H19NO3. The number of Topliss-reactive ketones (excluding diaryl/α,β-unsaturated/α-hetero) is 1. The highest BCUT2D eigenvalue weighted by Crippen LogP contribution is 2.49. The van der Waals surface area contributed by atoms with Gasteiger partial charge in [-0.25, -0.2) is 4.79 Å². The van der Waals surface area contributed by atoms with Crippen LogP contribution in [0.3, 0.4) is 0 Å². The summed E-state index contributed by atoms with van der Waals surface area (Å²) >= 11 is 0. The van der Waals surface area contributed by atoms with Crippen LogP contribution in [0.15, 0.2) is 0 Å². The van der Waals surface area contributed by atoms with Crippen molar-refractivity contribution in [2.45, 2.75) is 52.2 Å². The van der Waals surface area contributed by atoms with Crippen molar-refractivity contribution in [3.05, 3.63) is 0 Å². The molecule has 1 saturated carbocycles. The summed E-state index contributed by atoms with van der Waals surface area (Å²) in [6, 6.07) is -0.234. The molecule has 0 unspecified atom stereocenters. The molecule has 1 saturated heterocycles. The van der Waals surface area contributed by atoms with Crippen molar-refractivity contribution in [1.82, 2.24) is 4.90 Å². The van der Waals surface area contributed by atoms with Gasteiger partial charge in [-0.15, -0.1) is 0 Å². The predicted molar refractivity (Wildman–Crippen MR) is 59.1 cm³/mol. The molecule has 0 bridgehead atoms. The molecule has 90 valence electrons. The second kappa shape index (κ2) is 3.22. The molecule has 1 amide bonds. The first-order valence-electron chi connectivity index (χ1n) is 5.75. The lowest BCUT2D eigenvalue weighted by atomic mass is 9.65. The predicted octanol–water partition coefficient (Wildman–Crippen LogP) is 1.97. The average molecular weight is 225 g/mol. The van der Waals surface area contributed by atoms with E-state index in [1.54, 1.807) is 4.90 Å². The summed E-state index contributed by atoms with van der Waals surface area (Å²) in [5, 5.41) is 0. The van der Waals surface area contributed by atoms with E-state index in [4.69, 9.17) is 4.74 Å². The minimum atomic E-state index is -0.497. The van der Waals surface area contributed by atoms with Crippen LogP contribution in [0.5, 0.6) is 0 Å². The minimum Gasteiger partial charge on any atom is -0.444 e. The Bertz CT molecular complexity index is 345. The summed E-state index contributed by atoms with van der Waals surface area (Å²) in [6.07, 6.45) is 1.16. The normalized spacial score (nSPS) is 33.4. The van der Waals surface area contributed by atoms with Crippen molar-refractivity contribution in [2.75, 3.05) is 6.54 Å². The van der Waals surface area contributed by atoms with Gasteiger partial charge in [0.2, 0.25) is 0 Å². The fourth-order valence-corrected chi connectivity index (χ4v) is 2.65. The molecule has 2 rings (SSSR count). The molecule has 0 aromatic carbocycles. The lowest BCUT2D eigenvalue weighted by Gasteiger charge is -2.42. The lowest BCUT2D eigenvalue weighted by molar-refractivity contribution is -0.138. The van der Waals surface area contributed by atoms with Crippen LogP contribution in [-0.4, -0.2) is 35.0 Å². The first-order chi connectivity index (χ1) is 7.23. The van der Waals surface area contributed by atoms with E-state index in [0.29, 0.717) is 13.0 Å². The van der Waals surface area contributed by atoms with E-state index in [0.717, 1.165) is 6.42 Å². The van der Waals surface area contributed by atoms with Crippen molar-refractivity contribution >= 4 is 11.9 Å². The van der Waals surface area contributed by atoms with Gasteiger partial charge in [0.25, 0.3) is 0 Å². The zero-order valence-corrected chi connectivity index (χ0v) is 10.4. The Labute approximate surface area is 95.9 Å². The number of nitrogens with zero attached hydrogens (tertiary/aromatic N) is 1. The van der Waals surface area contributed by atoms with Crippen LogP contribution in [0.4, 0.5) is 4.79 Å². The summed E-state index contributed by atoms with van der Waals surface area (Å²) in [6.45, 7) is 8.22. The molecule has 1 aliphatic heterocycles. The first kappa shape index (κ1) is 11.4. The highest BCUT2D eigenvalue weighted by Gasteiger charge is 2.58. The Morgan fingerprint density at radius 1 is 1.50 bits per heavy atom. The third kappa shape index (κ3) is 1.70.